The quantitative estimate of drug-likeness (QED) is 0.280. The number of morpholine rings is 1. The van der Waals surface area contributed by atoms with Gasteiger partial charge in [0.05, 0.1) is 18.1 Å². The van der Waals surface area contributed by atoms with Crippen molar-refractivity contribution >= 4 is 27.7 Å². The van der Waals surface area contributed by atoms with E-state index < -0.39 is 46.2 Å². The number of nitrogens with two attached hydrogens (primary N) is 1. The number of carbonyl (C=O) groups excluding carboxylic acids is 3. The zero-order valence-electron chi connectivity index (χ0n) is 19.2. The summed E-state index contributed by atoms with van der Waals surface area (Å²) in [5.74, 6) is -2.73. The molecule has 1 aromatic carbocycles. The molecule has 0 unspecified atom stereocenters. The second kappa shape index (κ2) is 11.7. The van der Waals surface area contributed by atoms with E-state index in [9.17, 15) is 22.8 Å². The number of nitrogens with one attached hydrogen (secondary N) is 1. The molecule has 184 valence electrons. The third-order valence-corrected chi connectivity index (χ3v) is 6.94. The van der Waals surface area contributed by atoms with Crippen LogP contribution in [-0.2, 0) is 29.1 Å². The number of nitrogens with zero attached hydrogens (tertiary/aromatic N) is 2. The number of benzene rings is 1. The van der Waals surface area contributed by atoms with Gasteiger partial charge in [0.1, 0.15) is 17.7 Å². The number of sulfonamides is 1. The number of Topliss-reactive ketones (excluding diaryl/α,β-unsaturated/α-hetero) is 1. The van der Waals surface area contributed by atoms with Crippen LogP contribution in [0.15, 0.2) is 40.4 Å². The monoisotopic (exact) mass is 492 g/mol. The molecule has 34 heavy (non-hydrogen) atoms. The van der Waals surface area contributed by atoms with E-state index in [1.807, 2.05) is 0 Å². The van der Waals surface area contributed by atoms with E-state index in [2.05, 4.69) is 5.32 Å². The fourth-order valence-corrected chi connectivity index (χ4v) is 4.58. The molecule has 1 saturated heterocycles. The number of esters is 1. The Kier molecular flexibility index (Phi) is 9.31. The van der Waals surface area contributed by atoms with Crippen LogP contribution in [0.1, 0.15) is 31.1 Å². The molecule has 0 radical (unpaired) electrons. The molecule has 12 heteroatoms. The van der Waals surface area contributed by atoms with E-state index in [-0.39, 0.29) is 48.0 Å². The lowest BCUT2D eigenvalue weighted by Crippen LogP contribution is -2.45. The molecule has 1 heterocycles. The minimum absolute atomic E-state index is 0.00387. The molecule has 1 aliphatic heterocycles. The number of hydrogen-bond acceptors (Lipinski definition) is 9. The van der Waals surface area contributed by atoms with Gasteiger partial charge in [0.15, 0.2) is 6.61 Å². The summed E-state index contributed by atoms with van der Waals surface area (Å²) >= 11 is 0. The molecule has 1 aromatic rings. The van der Waals surface area contributed by atoms with Crippen LogP contribution in [-0.4, -0.2) is 69.3 Å². The highest BCUT2D eigenvalue weighted by molar-refractivity contribution is 7.89. The first kappa shape index (κ1) is 27.0. The molecular formula is C22H28N4O7S. The van der Waals surface area contributed by atoms with Crippen molar-refractivity contribution in [3.63, 3.8) is 0 Å². The maximum atomic E-state index is 12.9. The summed E-state index contributed by atoms with van der Waals surface area (Å²) in [6.45, 7) is 5.00. The summed E-state index contributed by atoms with van der Waals surface area (Å²) in [6.07, 6.45) is 0. The van der Waals surface area contributed by atoms with Gasteiger partial charge in [0.25, 0.3) is 5.91 Å². The van der Waals surface area contributed by atoms with Gasteiger partial charge in [-0.3, -0.25) is 9.59 Å². The lowest BCUT2D eigenvalue weighted by Gasteiger charge is -2.26. The van der Waals surface area contributed by atoms with Gasteiger partial charge in [-0.25, -0.2) is 13.2 Å². The number of amides is 1. The van der Waals surface area contributed by atoms with Gasteiger partial charge >= 0.3 is 5.97 Å². The third-order valence-electron chi connectivity index (χ3n) is 5.04. The van der Waals surface area contributed by atoms with Crippen LogP contribution in [0.4, 0.5) is 0 Å². The summed E-state index contributed by atoms with van der Waals surface area (Å²) in [4.78, 5) is 37.3. The highest BCUT2D eigenvalue weighted by Crippen LogP contribution is 2.19. The van der Waals surface area contributed by atoms with Gasteiger partial charge in [-0.15, -0.1) is 0 Å². The van der Waals surface area contributed by atoms with E-state index in [1.54, 1.807) is 19.9 Å². The Balaban J connectivity index is 2.13. The van der Waals surface area contributed by atoms with Crippen LogP contribution in [0.25, 0.3) is 0 Å². The fourth-order valence-electron chi connectivity index (χ4n) is 3.13. The van der Waals surface area contributed by atoms with E-state index in [1.165, 1.54) is 35.5 Å². The number of carbonyl (C=O) groups is 3. The molecule has 3 N–H and O–H groups in total. The minimum Gasteiger partial charge on any atom is -0.456 e. The average molecular weight is 493 g/mol. The van der Waals surface area contributed by atoms with Gasteiger partial charge in [0.2, 0.25) is 15.8 Å². The number of ketones is 1. The molecule has 1 amide bonds. The zero-order chi connectivity index (χ0) is 25.5. The van der Waals surface area contributed by atoms with Gasteiger partial charge in [-0.1, -0.05) is 19.9 Å². The molecule has 0 saturated carbocycles. The van der Waals surface area contributed by atoms with Gasteiger partial charge in [0, 0.05) is 24.4 Å². The van der Waals surface area contributed by atoms with Crippen LogP contribution in [0, 0.1) is 17.2 Å². The Hall–Kier alpha value is -3.27. The SMILES string of the molecule is CC(N)=C(C#N)C(=O)COC(=O)[C@@H](NC(=O)c1cccc(S(=O)(=O)N2CCOCC2)c1)C(C)C. The van der Waals surface area contributed by atoms with E-state index in [0.29, 0.717) is 0 Å². The van der Waals surface area contributed by atoms with Crippen molar-refractivity contribution in [1.82, 2.24) is 9.62 Å². The molecule has 0 spiro atoms. The lowest BCUT2D eigenvalue weighted by atomic mass is 10.0. The second-order valence-electron chi connectivity index (χ2n) is 7.94. The van der Waals surface area contributed by atoms with Crippen LogP contribution in [0.2, 0.25) is 0 Å². The molecule has 1 atom stereocenters. The first-order valence-corrected chi connectivity index (χ1v) is 12.0. The molecule has 1 fully saturated rings. The van der Waals surface area contributed by atoms with Crippen LogP contribution < -0.4 is 11.1 Å². The Bertz CT molecular complexity index is 1110. The summed E-state index contributed by atoms with van der Waals surface area (Å²) in [5, 5.41) is 11.5. The normalized spacial score (nSPS) is 16.2. The first-order chi connectivity index (χ1) is 16.0. The van der Waals surface area contributed by atoms with E-state index in [4.69, 9.17) is 20.5 Å². The maximum absolute atomic E-state index is 12.9. The van der Waals surface area contributed by atoms with Crippen molar-refractivity contribution in [2.75, 3.05) is 32.9 Å². The van der Waals surface area contributed by atoms with Crippen molar-refractivity contribution < 1.29 is 32.3 Å². The zero-order valence-corrected chi connectivity index (χ0v) is 20.1. The smallest absolute Gasteiger partial charge is 0.329 e. The summed E-state index contributed by atoms with van der Waals surface area (Å²) in [7, 11) is -3.81. The standard InChI is InChI=1S/C22H28N4O7S/c1-14(2)20(22(29)33-13-19(27)18(12-23)15(3)24)25-21(28)16-5-4-6-17(11-16)34(30,31)26-7-9-32-10-8-26/h4-6,11,14,20H,7-10,13,24H2,1-3H3,(H,25,28)/t20-/m0/s1. The lowest BCUT2D eigenvalue weighted by molar-refractivity contribution is -0.150. The predicted molar refractivity (Wildman–Crippen MR) is 121 cm³/mol. The Morgan fingerprint density at radius 3 is 2.47 bits per heavy atom. The van der Waals surface area contributed by atoms with Crippen molar-refractivity contribution in [3.8, 4) is 6.07 Å². The van der Waals surface area contributed by atoms with Crippen LogP contribution in [0.5, 0.6) is 0 Å². The number of nitriles is 1. The average Bonchev–Trinajstić information content (AvgIpc) is 2.81. The third kappa shape index (κ3) is 6.63. The number of allylic oxidation sites excluding steroid dienone is 1. The highest BCUT2D eigenvalue weighted by atomic mass is 32.2. The van der Waals surface area contributed by atoms with Gasteiger partial charge in [-0.05, 0) is 31.0 Å². The van der Waals surface area contributed by atoms with E-state index >= 15 is 0 Å². The van der Waals surface area contributed by atoms with E-state index in [0.717, 1.165) is 0 Å². The molecule has 0 aliphatic carbocycles. The number of rotatable bonds is 9. The van der Waals surface area contributed by atoms with Crippen molar-refractivity contribution in [2.24, 2.45) is 11.7 Å². The Morgan fingerprint density at radius 2 is 1.91 bits per heavy atom. The minimum atomic E-state index is -3.81. The largest absolute Gasteiger partial charge is 0.456 e. The summed E-state index contributed by atoms with van der Waals surface area (Å²) < 4.78 is 37.2. The Labute approximate surface area is 198 Å². The van der Waals surface area contributed by atoms with Crippen LogP contribution >= 0.6 is 0 Å². The highest BCUT2D eigenvalue weighted by Gasteiger charge is 2.29. The Morgan fingerprint density at radius 1 is 1.26 bits per heavy atom. The molecular weight excluding hydrogens is 464 g/mol. The van der Waals surface area contributed by atoms with Gasteiger partial charge < -0.3 is 20.5 Å². The van der Waals surface area contributed by atoms with Crippen molar-refractivity contribution in [3.05, 3.63) is 41.1 Å². The molecule has 1 aliphatic rings. The number of hydrogen-bond donors (Lipinski definition) is 2. The predicted octanol–water partition coefficient (Wildman–Crippen LogP) is 0.330. The molecule has 0 bridgehead atoms. The van der Waals surface area contributed by atoms with Crippen molar-refractivity contribution in [1.29, 1.82) is 5.26 Å². The van der Waals surface area contributed by atoms with Crippen molar-refractivity contribution in [2.45, 2.75) is 31.7 Å². The first-order valence-electron chi connectivity index (χ1n) is 10.5. The maximum Gasteiger partial charge on any atom is 0.329 e. The fraction of sp³-hybridized carbons (Fsp3) is 0.455. The number of ether oxygens (including phenoxy) is 2. The second-order valence-corrected chi connectivity index (χ2v) is 9.88. The molecule has 2 rings (SSSR count). The summed E-state index contributed by atoms with van der Waals surface area (Å²) in [5.41, 5.74) is 5.20. The van der Waals surface area contributed by atoms with Crippen LogP contribution in [0.3, 0.4) is 0 Å². The molecule has 0 aromatic heterocycles. The summed E-state index contributed by atoms with van der Waals surface area (Å²) in [6, 6.07) is 6.03. The van der Waals surface area contributed by atoms with Gasteiger partial charge in [-0.2, -0.15) is 9.57 Å². The topological polar surface area (TPSA) is 169 Å². The molecule has 11 nitrogen and oxygen atoms in total.